The zero-order chi connectivity index (χ0) is 17.9. The Morgan fingerprint density at radius 1 is 1.31 bits per heavy atom. The van der Waals surface area contributed by atoms with Crippen LogP contribution in [0.2, 0.25) is 0 Å². The van der Waals surface area contributed by atoms with E-state index in [1.807, 2.05) is 22.4 Å². The SMILES string of the molecule is CC1CCN(CC2CCCN(C(=O)c3csc(-c4ccco4)n3)C2)CC1. The first-order chi connectivity index (χ1) is 12.7. The molecule has 0 aromatic carbocycles. The number of rotatable bonds is 4. The molecule has 1 amide bonds. The molecule has 0 spiro atoms. The zero-order valence-corrected chi connectivity index (χ0v) is 16.2. The number of carbonyl (C=O) groups is 1. The third-order valence-corrected chi connectivity index (χ3v) is 6.51. The first kappa shape index (κ1) is 17.7. The predicted molar refractivity (Wildman–Crippen MR) is 103 cm³/mol. The average molecular weight is 374 g/mol. The summed E-state index contributed by atoms with van der Waals surface area (Å²) in [4.78, 5) is 22.0. The lowest BCUT2D eigenvalue weighted by atomic mass is 9.94. The molecule has 26 heavy (non-hydrogen) atoms. The van der Waals surface area contributed by atoms with Gasteiger partial charge in [0.15, 0.2) is 10.8 Å². The Morgan fingerprint density at radius 2 is 2.15 bits per heavy atom. The molecule has 4 rings (SSSR count). The Kier molecular flexibility index (Phi) is 5.41. The van der Waals surface area contributed by atoms with Gasteiger partial charge in [-0.2, -0.15) is 0 Å². The third-order valence-electron chi connectivity index (χ3n) is 5.65. The molecule has 6 heteroatoms. The molecule has 4 heterocycles. The monoisotopic (exact) mass is 373 g/mol. The molecule has 1 atom stereocenters. The minimum Gasteiger partial charge on any atom is -0.462 e. The van der Waals surface area contributed by atoms with E-state index in [1.165, 1.54) is 43.7 Å². The van der Waals surface area contributed by atoms with Crippen molar-refractivity contribution in [1.29, 1.82) is 0 Å². The van der Waals surface area contributed by atoms with Gasteiger partial charge < -0.3 is 14.2 Å². The van der Waals surface area contributed by atoms with Crippen molar-refractivity contribution in [3.63, 3.8) is 0 Å². The van der Waals surface area contributed by atoms with Crippen LogP contribution in [0, 0.1) is 11.8 Å². The van der Waals surface area contributed by atoms with Gasteiger partial charge in [0.1, 0.15) is 5.69 Å². The van der Waals surface area contributed by atoms with Crippen LogP contribution in [-0.4, -0.2) is 53.4 Å². The molecule has 0 aliphatic carbocycles. The van der Waals surface area contributed by atoms with Crippen molar-refractivity contribution in [2.45, 2.75) is 32.6 Å². The van der Waals surface area contributed by atoms with Crippen LogP contribution in [0.5, 0.6) is 0 Å². The molecule has 0 saturated carbocycles. The maximum Gasteiger partial charge on any atom is 0.273 e. The van der Waals surface area contributed by atoms with Crippen LogP contribution < -0.4 is 0 Å². The second-order valence-corrected chi connectivity index (χ2v) is 8.62. The van der Waals surface area contributed by atoms with Crippen molar-refractivity contribution in [3.8, 4) is 10.8 Å². The van der Waals surface area contributed by atoms with Gasteiger partial charge in [-0.15, -0.1) is 11.3 Å². The van der Waals surface area contributed by atoms with Crippen LogP contribution in [0.15, 0.2) is 28.2 Å². The Hall–Kier alpha value is -1.66. The van der Waals surface area contributed by atoms with Gasteiger partial charge in [-0.3, -0.25) is 4.79 Å². The molecule has 5 nitrogen and oxygen atoms in total. The summed E-state index contributed by atoms with van der Waals surface area (Å²) in [6.07, 6.45) is 6.57. The largest absolute Gasteiger partial charge is 0.462 e. The van der Waals surface area contributed by atoms with E-state index in [9.17, 15) is 4.79 Å². The van der Waals surface area contributed by atoms with Crippen molar-refractivity contribution in [3.05, 3.63) is 29.5 Å². The normalized spacial score (nSPS) is 22.7. The van der Waals surface area contributed by atoms with Gasteiger partial charge in [0, 0.05) is 25.0 Å². The maximum atomic E-state index is 12.9. The fourth-order valence-electron chi connectivity index (χ4n) is 4.06. The van der Waals surface area contributed by atoms with Gasteiger partial charge in [0.05, 0.1) is 6.26 Å². The van der Waals surface area contributed by atoms with Gasteiger partial charge in [-0.25, -0.2) is 4.98 Å². The molecule has 0 N–H and O–H groups in total. The van der Waals surface area contributed by atoms with E-state index >= 15 is 0 Å². The van der Waals surface area contributed by atoms with Crippen molar-refractivity contribution < 1.29 is 9.21 Å². The minimum atomic E-state index is 0.0658. The van der Waals surface area contributed by atoms with Crippen LogP contribution in [0.4, 0.5) is 0 Å². The molecule has 2 aromatic heterocycles. The zero-order valence-electron chi connectivity index (χ0n) is 15.4. The molecular weight excluding hydrogens is 346 g/mol. The number of piperidine rings is 2. The van der Waals surface area contributed by atoms with E-state index in [-0.39, 0.29) is 5.91 Å². The predicted octanol–water partition coefficient (Wildman–Crippen LogP) is 3.99. The number of thiazole rings is 1. The second-order valence-electron chi connectivity index (χ2n) is 7.76. The lowest BCUT2D eigenvalue weighted by molar-refractivity contribution is 0.0617. The first-order valence-corrected chi connectivity index (χ1v) is 10.6. The molecule has 2 fully saturated rings. The number of amides is 1. The van der Waals surface area contributed by atoms with E-state index in [4.69, 9.17) is 4.42 Å². The van der Waals surface area contributed by atoms with Crippen molar-refractivity contribution in [2.24, 2.45) is 11.8 Å². The van der Waals surface area contributed by atoms with Crippen molar-refractivity contribution >= 4 is 17.2 Å². The molecule has 1 unspecified atom stereocenters. The summed E-state index contributed by atoms with van der Waals surface area (Å²) in [6, 6.07) is 3.72. The van der Waals surface area contributed by atoms with Crippen LogP contribution in [0.3, 0.4) is 0 Å². The average Bonchev–Trinajstić information content (AvgIpc) is 3.35. The highest BCUT2D eigenvalue weighted by molar-refractivity contribution is 7.13. The Balaban J connectivity index is 1.36. The van der Waals surface area contributed by atoms with Gasteiger partial charge in [0.2, 0.25) is 0 Å². The van der Waals surface area contributed by atoms with Gasteiger partial charge in [-0.1, -0.05) is 6.92 Å². The smallest absolute Gasteiger partial charge is 0.273 e. The van der Waals surface area contributed by atoms with E-state index in [2.05, 4.69) is 16.8 Å². The van der Waals surface area contributed by atoms with Gasteiger partial charge >= 0.3 is 0 Å². The summed E-state index contributed by atoms with van der Waals surface area (Å²) in [5.74, 6) is 2.24. The minimum absolute atomic E-state index is 0.0658. The van der Waals surface area contributed by atoms with Crippen LogP contribution in [-0.2, 0) is 0 Å². The molecule has 140 valence electrons. The Bertz CT molecular complexity index is 719. The number of aromatic nitrogens is 1. The summed E-state index contributed by atoms with van der Waals surface area (Å²) in [5.41, 5.74) is 0.550. The molecule has 2 saturated heterocycles. The third kappa shape index (κ3) is 4.01. The lowest BCUT2D eigenvalue weighted by Gasteiger charge is -2.37. The molecular formula is C20H27N3O2S. The summed E-state index contributed by atoms with van der Waals surface area (Å²) in [7, 11) is 0. The van der Waals surface area contributed by atoms with E-state index < -0.39 is 0 Å². The lowest BCUT2D eigenvalue weighted by Crippen LogP contribution is -2.45. The highest BCUT2D eigenvalue weighted by atomic mass is 32.1. The van der Waals surface area contributed by atoms with Crippen LogP contribution in [0.25, 0.3) is 10.8 Å². The molecule has 2 aliphatic heterocycles. The first-order valence-electron chi connectivity index (χ1n) is 9.70. The van der Waals surface area contributed by atoms with Crippen molar-refractivity contribution in [2.75, 3.05) is 32.7 Å². The fourth-order valence-corrected chi connectivity index (χ4v) is 4.82. The summed E-state index contributed by atoms with van der Waals surface area (Å²) in [6.45, 7) is 7.61. The number of hydrogen-bond donors (Lipinski definition) is 0. The second kappa shape index (κ2) is 7.92. The van der Waals surface area contributed by atoms with E-state index in [1.54, 1.807) is 6.26 Å². The maximum absolute atomic E-state index is 12.9. The molecule has 2 aromatic rings. The Morgan fingerprint density at radius 3 is 2.92 bits per heavy atom. The quantitative estimate of drug-likeness (QED) is 0.813. The van der Waals surface area contributed by atoms with E-state index in [0.717, 1.165) is 42.7 Å². The fraction of sp³-hybridized carbons (Fsp3) is 0.600. The summed E-state index contributed by atoms with van der Waals surface area (Å²) in [5, 5.41) is 2.63. The summed E-state index contributed by atoms with van der Waals surface area (Å²) < 4.78 is 5.38. The standard InChI is InChI=1S/C20H27N3O2S/c1-15-6-9-22(10-7-15)12-16-4-2-8-23(13-16)20(24)17-14-26-19(21-17)18-5-3-11-25-18/h3,5,11,14-16H,2,4,6-10,12-13H2,1H3. The molecule has 0 bridgehead atoms. The topological polar surface area (TPSA) is 49.6 Å². The number of furan rings is 1. The summed E-state index contributed by atoms with van der Waals surface area (Å²) >= 11 is 1.47. The number of likely N-dealkylation sites (tertiary alicyclic amines) is 2. The number of nitrogens with zero attached hydrogens (tertiary/aromatic N) is 3. The highest BCUT2D eigenvalue weighted by Gasteiger charge is 2.28. The Labute approximate surface area is 159 Å². The highest BCUT2D eigenvalue weighted by Crippen LogP contribution is 2.26. The molecule has 0 radical (unpaired) electrons. The van der Waals surface area contributed by atoms with Crippen LogP contribution >= 0.6 is 11.3 Å². The van der Waals surface area contributed by atoms with Crippen molar-refractivity contribution in [1.82, 2.24) is 14.8 Å². The van der Waals surface area contributed by atoms with Crippen LogP contribution in [0.1, 0.15) is 43.1 Å². The number of carbonyl (C=O) groups excluding carboxylic acids is 1. The van der Waals surface area contributed by atoms with E-state index in [0.29, 0.717) is 11.6 Å². The van der Waals surface area contributed by atoms with Gasteiger partial charge in [-0.05, 0) is 62.7 Å². The number of hydrogen-bond acceptors (Lipinski definition) is 5. The van der Waals surface area contributed by atoms with Gasteiger partial charge in [0.25, 0.3) is 5.91 Å². The molecule has 2 aliphatic rings.